The Bertz CT molecular complexity index is 105. The normalized spacial score (nSPS) is 13.8. The average Bonchev–Trinajstić information content (AvgIpc) is 1.61. The topological polar surface area (TPSA) is 26.0 Å². The Morgan fingerprint density at radius 1 is 1.30 bits per heavy atom. The molecule has 0 rings (SSSR count). The van der Waals surface area contributed by atoms with Crippen LogP contribution >= 0.6 is 0 Å². The fourth-order valence-corrected chi connectivity index (χ4v) is 0.636. The van der Waals surface area contributed by atoms with Crippen LogP contribution in [0.1, 0.15) is 33.6 Å². The number of hydrogen-bond acceptors (Lipinski definition) is 1. The highest BCUT2D eigenvalue weighted by Crippen LogP contribution is 2.30. The van der Waals surface area contributed by atoms with Gasteiger partial charge in [0.2, 0.25) is 0 Å². The minimum absolute atomic E-state index is 0.128. The molecule has 2 N–H and O–H groups in total. The van der Waals surface area contributed by atoms with Crippen molar-refractivity contribution in [2.45, 2.75) is 45.1 Å². The van der Waals surface area contributed by atoms with Crippen LogP contribution in [0.4, 0.5) is 8.78 Å². The van der Waals surface area contributed by atoms with E-state index < -0.39 is 11.5 Å². The maximum absolute atomic E-state index is 12.8. The molecule has 0 saturated carbocycles. The van der Waals surface area contributed by atoms with Gasteiger partial charge in [0.15, 0.2) is 0 Å². The summed E-state index contributed by atoms with van der Waals surface area (Å²) in [6.07, 6.45) is 0.337. The van der Waals surface area contributed by atoms with Crippen molar-refractivity contribution in [1.29, 1.82) is 0 Å². The van der Waals surface area contributed by atoms with Gasteiger partial charge in [-0.25, -0.2) is 8.78 Å². The molecule has 10 heavy (non-hydrogen) atoms. The number of nitrogens with two attached hydrogens (primary N) is 1. The predicted octanol–water partition coefficient (Wildman–Crippen LogP) is 2.16. The zero-order valence-electron chi connectivity index (χ0n) is 6.75. The highest BCUT2D eigenvalue weighted by atomic mass is 19.3. The lowest BCUT2D eigenvalue weighted by molar-refractivity contribution is -0.0677. The van der Waals surface area contributed by atoms with Crippen molar-refractivity contribution in [3.8, 4) is 0 Å². The van der Waals surface area contributed by atoms with Crippen molar-refractivity contribution in [3.63, 3.8) is 0 Å². The standard InChI is InChI=1S/C7H15F2N/c1-4-5-7(8,9)6(2,3)10/h4-5,10H2,1-3H3. The van der Waals surface area contributed by atoms with Crippen molar-refractivity contribution in [1.82, 2.24) is 0 Å². The van der Waals surface area contributed by atoms with Gasteiger partial charge in [-0.05, 0) is 13.8 Å². The van der Waals surface area contributed by atoms with E-state index in [1.54, 1.807) is 6.92 Å². The van der Waals surface area contributed by atoms with Gasteiger partial charge >= 0.3 is 0 Å². The quantitative estimate of drug-likeness (QED) is 0.657. The van der Waals surface area contributed by atoms with Crippen LogP contribution < -0.4 is 5.73 Å². The molecular formula is C7H15F2N. The van der Waals surface area contributed by atoms with Crippen LogP contribution in [0, 0.1) is 0 Å². The maximum atomic E-state index is 12.8. The van der Waals surface area contributed by atoms with Gasteiger partial charge in [0.05, 0.1) is 5.54 Å². The van der Waals surface area contributed by atoms with Crippen molar-refractivity contribution in [2.24, 2.45) is 5.73 Å². The smallest absolute Gasteiger partial charge is 0.265 e. The molecule has 0 fully saturated rings. The van der Waals surface area contributed by atoms with Gasteiger partial charge in [-0.1, -0.05) is 13.3 Å². The third kappa shape index (κ3) is 2.21. The SMILES string of the molecule is CCCC(F)(F)C(C)(C)N. The molecule has 0 spiro atoms. The van der Waals surface area contributed by atoms with Crippen LogP contribution in [0.2, 0.25) is 0 Å². The van der Waals surface area contributed by atoms with Crippen molar-refractivity contribution in [3.05, 3.63) is 0 Å². The lowest BCUT2D eigenvalue weighted by Crippen LogP contribution is -2.50. The van der Waals surface area contributed by atoms with Crippen LogP contribution in [0.25, 0.3) is 0 Å². The molecule has 0 bridgehead atoms. The summed E-state index contributed by atoms with van der Waals surface area (Å²) in [6.45, 7) is 4.42. The van der Waals surface area contributed by atoms with Crippen LogP contribution in [-0.2, 0) is 0 Å². The van der Waals surface area contributed by atoms with Crippen LogP contribution in [0.15, 0.2) is 0 Å². The summed E-state index contributed by atoms with van der Waals surface area (Å²) in [4.78, 5) is 0. The Morgan fingerprint density at radius 2 is 1.70 bits per heavy atom. The van der Waals surface area contributed by atoms with Crippen LogP contribution in [0.5, 0.6) is 0 Å². The van der Waals surface area contributed by atoms with E-state index in [1.807, 2.05) is 0 Å². The molecule has 0 aromatic carbocycles. The van der Waals surface area contributed by atoms with E-state index in [1.165, 1.54) is 13.8 Å². The largest absolute Gasteiger partial charge is 0.321 e. The zero-order valence-corrected chi connectivity index (χ0v) is 6.75. The molecule has 0 radical (unpaired) electrons. The second kappa shape index (κ2) is 2.82. The van der Waals surface area contributed by atoms with E-state index in [4.69, 9.17) is 5.73 Å². The molecule has 3 heteroatoms. The molecule has 0 aliphatic rings. The monoisotopic (exact) mass is 151 g/mol. The van der Waals surface area contributed by atoms with Gasteiger partial charge in [0.1, 0.15) is 0 Å². The predicted molar refractivity (Wildman–Crippen MR) is 38.1 cm³/mol. The second-order valence-corrected chi connectivity index (χ2v) is 3.18. The van der Waals surface area contributed by atoms with E-state index in [-0.39, 0.29) is 6.42 Å². The highest BCUT2D eigenvalue weighted by molar-refractivity contribution is 4.88. The summed E-state index contributed by atoms with van der Waals surface area (Å²) >= 11 is 0. The van der Waals surface area contributed by atoms with Gasteiger partial charge in [0, 0.05) is 6.42 Å². The molecule has 0 aromatic rings. The first-order chi connectivity index (χ1) is 4.31. The second-order valence-electron chi connectivity index (χ2n) is 3.18. The molecule has 0 aromatic heterocycles. The summed E-state index contributed by atoms with van der Waals surface area (Å²) < 4.78 is 25.6. The number of rotatable bonds is 3. The molecule has 0 atom stereocenters. The molecule has 0 amide bonds. The van der Waals surface area contributed by atoms with Gasteiger partial charge in [-0.3, -0.25) is 0 Å². The Hall–Kier alpha value is -0.180. The van der Waals surface area contributed by atoms with Gasteiger partial charge in [0.25, 0.3) is 5.92 Å². The summed E-state index contributed by atoms with van der Waals surface area (Å²) in [5, 5.41) is 0. The first-order valence-electron chi connectivity index (χ1n) is 3.48. The van der Waals surface area contributed by atoms with E-state index in [2.05, 4.69) is 0 Å². The van der Waals surface area contributed by atoms with Crippen LogP contribution in [-0.4, -0.2) is 11.5 Å². The van der Waals surface area contributed by atoms with Crippen molar-refractivity contribution < 1.29 is 8.78 Å². The minimum Gasteiger partial charge on any atom is -0.321 e. The van der Waals surface area contributed by atoms with E-state index in [9.17, 15) is 8.78 Å². The highest BCUT2D eigenvalue weighted by Gasteiger charge is 2.42. The average molecular weight is 151 g/mol. The molecule has 0 aliphatic heterocycles. The lowest BCUT2D eigenvalue weighted by atomic mass is 9.94. The molecule has 62 valence electrons. The van der Waals surface area contributed by atoms with Gasteiger partial charge in [-0.2, -0.15) is 0 Å². The Labute approximate surface area is 60.6 Å². The Balaban J connectivity index is 4.10. The third-order valence-electron chi connectivity index (χ3n) is 1.51. The third-order valence-corrected chi connectivity index (χ3v) is 1.51. The number of hydrogen-bond donors (Lipinski definition) is 1. The molecule has 1 nitrogen and oxygen atoms in total. The minimum atomic E-state index is -2.73. The first kappa shape index (κ1) is 9.82. The van der Waals surface area contributed by atoms with Crippen LogP contribution in [0.3, 0.4) is 0 Å². The summed E-state index contributed by atoms with van der Waals surface area (Å²) in [5.74, 6) is -2.73. The fraction of sp³-hybridized carbons (Fsp3) is 1.00. The molecule has 0 heterocycles. The van der Waals surface area contributed by atoms with E-state index in [0.29, 0.717) is 6.42 Å². The van der Waals surface area contributed by atoms with Crippen molar-refractivity contribution >= 4 is 0 Å². The molecule has 0 saturated heterocycles. The van der Waals surface area contributed by atoms with E-state index in [0.717, 1.165) is 0 Å². The van der Waals surface area contributed by atoms with Gasteiger partial charge < -0.3 is 5.73 Å². The van der Waals surface area contributed by atoms with Crippen molar-refractivity contribution in [2.75, 3.05) is 0 Å². The fourth-order valence-electron chi connectivity index (χ4n) is 0.636. The number of halogens is 2. The lowest BCUT2D eigenvalue weighted by Gasteiger charge is -2.29. The Morgan fingerprint density at radius 3 is 1.80 bits per heavy atom. The number of alkyl halides is 2. The molecular weight excluding hydrogens is 136 g/mol. The first-order valence-corrected chi connectivity index (χ1v) is 3.48. The van der Waals surface area contributed by atoms with Gasteiger partial charge in [-0.15, -0.1) is 0 Å². The van der Waals surface area contributed by atoms with E-state index >= 15 is 0 Å². The summed E-state index contributed by atoms with van der Waals surface area (Å²) in [6, 6.07) is 0. The molecule has 0 aliphatic carbocycles. The summed E-state index contributed by atoms with van der Waals surface area (Å²) in [5.41, 5.74) is 3.86. The summed E-state index contributed by atoms with van der Waals surface area (Å²) in [7, 11) is 0. The Kier molecular flexibility index (Phi) is 2.77. The molecule has 0 unspecified atom stereocenters. The maximum Gasteiger partial charge on any atom is 0.265 e. The zero-order chi connectivity index (χ0) is 8.41.